The third-order valence-corrected chi connectivity index (χ3v) is 3.98. The van der Waals surface area contributed by atoms with E-state index in [1.165, 1.54) is 0 Å². The molecule has 0 spiro atoms. The first kappa shape index (κ1) is 13.2. The number of halogens is 2. The molecule has 4 heteroatoms. The largest absolute Gasteiger partial charge is 0.394 e. The van der Waals surface area contributed by atoms with E-state index in [1.54, 1.807) is 6.07 Å². The number of hydrogen-bond donors (Lipinski definition) is 1. The van der Waals surface area contributed by atoms with Gasteiger partial charge in [0.1, 0.15) is 0 Å². The zero-order valence-corrected chi connectivity index (χ0v) is 11.0. The average molecular weight is 275 g/mol. The van der Waals surface area contributed by atoms with E-state index in [1.807, 2.05) is 12.1 Å². The Kier molecular flexibility index (Phi) is 4.69. The van der Waals surface area contributed by atoms with Crippen LogP contribution in [0.1, 0.15) is 30.7 Å². The normalized spacial score (nSPS) is 25.6. The van der Waals surface area contributed by atoms with Crippen molar-refractivity contribution in [3.05, 3.63) is 33.8 Å². The molecule has 2 nitrogen and oxygen atoms in total. The van der Waals surface area contributed by atoms with Crippen LogP contribution in [0.25, 0.3) is 0 Å². The number of benzene rings is 1. The fourth-order valence-corrected chi connectivity index (χ4v) is 2.61. The van der Waals surface area contributed by atoms with Crippen molar-refractivity contribution in [2.45, 2.75) is 31.3 Å². The van der Waals surface area contributed by atoms with E-state index < -0.39 is 0 Å². The average Bonchev–Trinajstić information content (AvgIpc) is 2.57. The van der Waals surface area contributed by atoms with Crippen molar-refractivity contribution >= 4 is 23.2 Å². The molecule has 1 aromatic rings. The van der Waals surface area contributed by atoms with Crippen molar-refractivity contribution in [1.82, 2.24) is 0 Å². The van der Waals surface area contributed by atoms with E-state index in [2.05, 4.69) is 0 Å². The van der Waals surface area contributed by atoms with Crippen LogP contribution in [0.15, 0.2) is 18.2 Å². The first-order chi connectivity index (χ1) is 8.22. The number of aliphatic hydroxyl groups excluding tert-OH is 1. The van der Waals surface area contributed by atoms with Crippen LogP contribution in [0.5, 0.6) is 0 Å². The van der Waals surface area contributed by atoms with Crippen LogP contribution in [-0.4, -0.2) is 24.4 Å². The van der Waals surface area contributed by atoms with Gasteiger partial charge < -0.3 is 9.84 Å². The van der Waals surface area contributed by atoms with E-state index in [4.69, 9.17) is 27.9 Å². The minimum absolute atomic E-state index is 0.0465. The van der Waals surface area contributed by atoms with Crippen LogP contribution in [-0.2, 0) is 4.74 Å². The maximum atomic E-state index is 9.39. The molecule has 0 aromatic heterocycles. The predicted molar refractivity (Wildman–Crippen MR) is 69.9 cm³/mol. The second kappa shape index (κ2) is 6.05. The van der Waals surface area contributed by atoms with E-state index >= 15 is 0 Å². The lowest BCUT2D eigenvalue weighted by Gasteiger charge is -2.23. The molecule has 0 radical (unpaired) electrons. The molecular formula is C13H16Cl2O2. The summed E-state index contributed by atoms with van der Waals surface area (Å²) in [6.07, 6.45) is 3.05. The van der Waals surface area contributed by atoms with Gasteiger partial charge in [0, 0.05) is 12.5 Å². The molecule has 0 bridgehead atoms. The Bertz CT molecular complexity index is 382. The highest BCUT2D eigenvalue weighted by Crippen LogP contribution is 2.33. The minimum atomic E-state index is -0.130. The Morgan fingerprint density at radius 2 is 2.06 bits per heavy atom. The summed E-state index contributed by atoms with van der Waals surface area (Å²) in [4.78, 5) is 0. The van der Waals surface area contributed by atoms with Crippen LogP contribution >= 0.6 is 23.2 Å². The topological polar surface area (TPSA) is 29.5 Å². The quantitative estimate of drug-likeness (QED) is 0.892. The number of hydrogen-bond acceptors (Lipinski definition) is 2. The molecule has 1 N–H and O–H groups in total. The van der Waals surface area contributed by atoms with Gasteiger partial charge in [-0.2, -0.15) is 0 Å². The van der Waals surface area contributed by atoms with Crippen LogP contribution < -0.4 is 0 Å². The first-order valence-corrected chi connectivity index (χ1v) is 6.65. The third-order valence-electron chi connectivity index (χ3n) is 3.24. The van der Waals surface area contributed by atoms with Crippen molar-refractivity contribution in [3.63, 3.8) is 0 Å². The van der Waals surface area contributed by atoms with E-state index in [9.17, 15) is 5.11 Å². The Balaban J connectivity index is 2.25. The van der Waals surface area contributed by atoms with Crippen LogP contribution in [0, 0.1) is 0 Å². The summed E-state index contributed by atoms with van der Waals surface area (Å²) < 4.78 is 5.66. The molecule has 0 saturated carbocycles. The second-order valence-corrected chi connectivity index (χ2v) is 5.18. The number of aliphatic hydroxyl groups is 1. The van der Waals surface area contributed by atoms with Gasteiger partial charge in [-0.1, -0.05) is 35.7 Å². The summed E-state index contributed by atoms with van der Waals surface area (Å²) in [7, 11) is 0. The molecule has 0 amide bonds. The summed E-state index contributed by atoms with van der Waals surface area (Å²) in [5, 5.41) is 10.5. The predicted octanol–water partition coefficient (Wildman–Crippen LogP) is 3.64. The monoisotopic (exact) mass is 274 g/mol. The molecular weight excluding hydrogens is 259 g/mol. The van der Waals surface area contributed by atoms with Crippen molar-refractivity contribution in [2.75, 3.05) is 13.2 Å². The molecule has 1 fully saturated rings. The smallest absolute Gasteiger partial charge is 0.0873 e. The van der Waals surface area contributed by atoms with Gasteiger partial charge in [0.15, 0.2) is 0 Å². The van der Waals surface area contributed by atoms with Gasteiger partial charge in [0.05, 0.1) is 22.8 Å². The molecule has 1 aromatic carbocycles. The lowest BCUT2D eigenvalue weighted by atomic mass is 9.89. The van der Waals surface area contributed by atoms with Gasteiger partial charge in [0.2, 0.25) is 0 Å². The summed E-state index contributed by atoms with van der Waals surface area (Å²) in [5.74, 6) is 0.206. The lowest BCUT2D eigenvalue weighted by molar-refractivity contribution is 0.00589. The van der Waals surface area contributed by atoms with Gasteiger partial charge in [0.25, 0.3) is 0 Å². The molecule has 1 aliphatic heterocycles. The summed E-state index contributed by atoms with van der Waals surface area (Å²) >= 11 is 11.9. The Hall–Kier alpha value is -0.280. The van der Waals surface area contributed by atoms with E-state index in [0.29, 0.717) is 10.0 Å². The van der Waals surface area contributed by atoms with Gasteiger partial charge in [-0.3, -0.25) is 0 Å². The Morgan fingerprint density at radius 3 is 2.76 bits per heavy atom. The molecule has 94 valence electrons. The highest BCUT2D eigenvalue weighted by atomic mass is 35.5. The molecule has 17 heavy (non-hydrogen) atoms. The first-order valence-electron chi connectivity index (χ1n) is 5.90. The lowest BCUT2D eigenvalue weighted by Crippen LogP contribution is -2.25. The SMILES string of the molecule is OC[C@@H]1OCCCC[C@H]1c1ccc(Cl)c(Cl)c1. The molecule has 0 unspecified atom stereocenters. The zero-order chi connectivity index (χ0) is 12.3. The maximum Gasteiger partial charge on any atom is 0.0873 e. The minimum Gasteiger partial charge on any atom is -0.394 e. The summed E-state index contributed by atoms with van der Waals surface area (Å²) in [6.45, 7) is 0.772. The van der Waals surface area contributed by atoms with Crippen LogP contribution in [0.2, 0.25) is 10.0 Å². The summed E-state index contributed by atoms with van der Waals surface area (Å²) in [6, 6.07) is 5.65. The van der Waals surface area contributed by atoms with Crippen molar-refractivity contribution < 1.29 is 9.84 Å². The van der Waals surface area contributed by atoms with Crippen LogP contribution in [0.3, 0.4) is 0 Å². The van der Waals surface area contributed by atoms with E-state index in [-0.39, 0.29) is 18.6 Å². The third kappa shape index (κ3) is 3.14. The fraction of sp³-hybridized carbons (Fsp3) is 0.538. The highest BCUT2D eigenvalue weighted by molar-refractivity contribution is 6.42. The standard InChI is InChI=1S/C13H16Cl2O2/c14-11-5-4-9(7-12(11)15)10-3-1-2-6-17-13(10)8-16/h4-5,7,10,13,16H,1-3,6,8H2/t10-,13-/m0/s1. The van der Waals surface area contributed by atoms with Crippen LogP contribution in [0.4, 0.5) is 0 Å². The Labute approximate surface area is 111 Å². The summed E-state index contributed by atoms with van der Waals surface area (Å²) in [5.41, 5.74) is 1.10. The second-order valence-electron chi connectivity index (χ2n) is 4.37. The van der Waals surface area contributed by atoms with Crippen molar-refractivity contribution in [3.8, 4) is 0 Å². The van der Waals surface area contributed by atoms with Gasteiger partial charge >= 0.3 is 0 Å². The molecule has 0 aliphatic carbocycles. The van der Waals surface area contributed by atoms with Crippen molar-refractivity contribution in [2.24, 2.45) is 0 Å². The van der Waals surface area contributed by atoms with Gasteiger partial charge in [-0.05, 0) is 30.5 Å². The molecule has 1 saturated heterocycles. The van der Waals surface area contributed by atoms with Crippen molar-refractivity contribution in [1.29, 1.82) is 0 Å². The number of ether oxygens (including phenoxy) is 1. The Morgan fingerprint density at radius 1 is 1.24 bits per heavy atom. The fourth-order valence-electron chi connectivity index (χ4n) is 2.31. The number of rotatable bonds is 2. The molecule has 2 rings (SSSR count). The molecule has 1 heterocycles. The van der Waals surface area contributed by atoms with Gasteiger partial charge in [-0.15, -0.1) is 0 Å². The molecule has 2 atom stereocenters. The van der Waals surface area contributed by atoms with Gasteiger partial charge in [-0.25, -0.2) is 0 Å². The van der Waals surface area contributed by atoms with E-state index in [0.717, 1.165) is 31.4 Å². The highest BCUT2D eigenvalue weighted by Gasteiger charge is 2.25. The molecule has 1 aliphatic rings. The zero-order valence-electron chi connectivity index (χ0n) is 9.53. The maximum absolute atomic E-state index is 9.39.